The highest BCUT2D eigenvalue weighted by atomic mass is 35.5. The number of amides is 2. The fourth-order valence-corrected chi connectivity index (χ4v) is 2.58. The summed E-state index contributed by atoms with van der Waals surface area (Å²) in [5, 5.41) is 16.4. The molecule has 0 radical (unpaired) electrons. The zero-order valence-electron chi connectivity index (χ0n) is 13.5. The average molecular weight is 363 g/mol. The third kappa shape index (κ3) is 4.78. The minimum Gasteiger partial charge on any atom is -0.454 e. The van der Waals surface area contributed by atoms with Crippen molar-refractivity contribution in [2.24, 2.45) is 0 Å². The van der Waals surface area contributed by atoms with Crippen LogP contribution in [0.15, 0.2) is 42.5 Å². The van der Waals surface area contributed by atoms with Crippen LogP contribution in [0.5, 0.6) is 11.5 Å². The Hall–Kier alpha value is -2.44. The number of urea groups is 1. The number of benzene rings is 2. The number of ether oxygens (including phenoxy) is 2. The van der Waals surface area contributed by atoms with Crippen LogP contribution in [-0.4, -0.2) is 24.5 Å². The molecule has 1 unspecified atom stereocenters. The third-order valence-electron chi connectivity index (χ3n) is 3.85. The molecule has 1 aliphatic heterocycles. The van der Waals surface area contributed by atoms with E-state index in [4.69, 9.17) is 21.1 Å². The van der Waals surface area contributed by atoms with Crippen LogP contribution in [0.1, 0.15) is 23.7 Å². The lowest BCUT2D eigenvalue weighted by atomic mass is 10.1. The molecule has 2 aromatic rings. The Morgan fingerprint density at radius 1 is 1.12 bits per heavy atom. The molecule has 6 nitrogen and oxygen atoms in total. The first-order chi connectivity index (χ1) is 12.1. The van der Waals surface area contributed by atoms with Crippen LogP contribution in [-0.2, 0) is 6.54 Å². The molecule has 25 heavy (non-hydrogen) atoms. The average Bonchev–Trinajstić information content (AvgIpc) is 3.09. The van der Waals surface area contributed by atoms with Crippen LogP contribution in [0.25, 0.3) is 0 Å². The molecule has 1 atom stereocenters. The second kappa shape index (κ2) is 8.09. The van der Waals surface area contributed by atoms with Crippen LogP contribution in [0.4, 0.5) is 4.79 Å². The van der Waals surface area contributed by atoms with E-state index < -0.39 is 6.10 Å². The van der Waals surface area contributed by atoms with Crippen molar-refractivity contribution in [1.82, 2.24) is 10.6 Å². The monoisotopic (exact) mass is 362 g/mol. The van der Waals surface area contributed by atoms with E-state index in [1.165, 1.54) is 0 Å². The lowest BCUT2D eigenvalue weighted by Gasteiger charge is -2.13. The zero-order chi connectivity index (χ0) is 17.6. The number of rotatable bonds is 6. The molecule has 132 valence electrons. The SMILES string of the molecule is O=C(NCCC(O)c1ccc2c(c1)OCO2)NCc1ccc(Cl)cc1. The molecule has 0 saturated heterocycles. The quantitative estimate of drug-likeness (QED) is 0.738. The fraction of sp³-hybridized carbons (Fsp3) is 0.278. The molecule has 3 N–H and O–H groups in total. The molecule has 1 aliphatic rings. The molecular formula is C18H19ClN2O4. The molecule has 0 saturated carbocycles. The van der Waals surface area contributed by atoms with E-state index in [0.717, 1.165) is 11.1 Å². The normalized spacial score (nSPS) is 13.4. The number of carbonyl (C=O) groups excluding carboxylic acids is 1. The highest BCUT2D eigenvalue weighted by Gasteiger charge is 2.16. The summed E-state index contributed by atoms with van der Waals surface area (Å²) >= 11 is 5.82. The summed E-state index contributed by atoms with van der Waals surface area (Å²) in [7, 11) is 0. The van der Waals surface area contributed by atoms with Gasteiger partial charge in [0.2, 0.25) is 6.79 Å². The summed E-state index contributed by atoms with van der Waals surface area (Å²) in [4.78, 5) is 11.8. The van der Waals surface area contributed by atoms with E-state index >= 15 is 0 Å². The molecular weight excluding hydrogens is 344 g/mol. The Labute approximate surface area is 150 Å². The molecule has 7 heteroatoms. The minimum atomic E-state index is -0.689. The molecule has 2 aromatic carbocycles. The molecule has 0 fully saturated rings. The van der Waals surface area contributed by atoms with Crippen molar-refractivity contribution in [2.75, 3.05) is 13.3 Å². The maximum absolute atomic E-state index is 11.8. The van der Waals surface area contributed by atoms with Gasteiger partial charge < -0.3 is 25.2 Å². The van der Waals surface area contributed by atoms with Crippen LogP contribution in [0.2, 0.25) is 5.02 Å². The Bertz CT molecular complexity index is 736. The van der Waals surface area contributed by atoms with Crippen molar-refractivity contribution >= 4 is 17.6 Å². The number of aliphatic hydroxyl groups excluding tert-OH is 1. The largest absolute Gasteiger partial charge is 0.454 e. The lowest BCUT2D eigenvalue weighted by Crippen LogP contribution is -2.36. The minimum absolute atomic E-state index is 0.199. The maximum Gasteiger partial charge on any atom is 0.315 e. The summed E-state index contributed by atoms with van der Waals surface area (Å²) < 4.78 is 10.5. The van der Waals surface area contributed by atoms with Crippen LogP contribution in [0, 0.1) is 0 Å². The van der Waals surface area contributed by atoms with Gasteiger partial charge in [-0.25, -0.2) is 4.79 Å². The highest BCUT2D eigenvalue weighted by Crippen LogP contribution is 2.34. The van der Waals surface area contributed by atoms with Crippen LogP contribution < -0.4 is 20.1 Å². The Kier molecular flexibility index (Phi) is 5.63. The smallest absolute Gasteiger partial charge is 0.315 e. The van der Waals surface area contributed by atoms with Crippen LogP contribution in [0.3, 0.4) is 0 Å². The van der Waals surface area contributed by atoms with Gasteiger partial charge in [0, 0.05) is 18.1 Å². The zero-order valence-corrected chi connectivity index (χ0v) is 14.3. The van der Waals surface area contributed by atoms with Gasteiger partial charge >= 0.3 is 6.03 Å². The van der Waals surface area contributed by atoms with E-state index in [1.54, 1.807) is 30.3 Å². The topological polar surface area (TPSA) is 79.8 Å². The molecule has 2 amide bonds. The Balaban J connectivity index is 1.39. The van der Waals surface area contributed by atoms with Gasteiger partial charge in [-0.1, -0.05) is 29.8 Å². The Morgan fingerprint density at radius 2 is 1.88 bits per heavy atom. The number of nitrogens with one attached hydrogen (secondary N) is 2. The molecule has 3 rings (SSSR count). The number of halogens is 1. The van der Waals surface area contributed by atoms with Crippen molar-refractivity contribution in [3.05, 3.63) is 58.6 Å². The maximum atomic E-state index is 11.8. The van der Waals surface area contributed by atoms with E-state index in [2.05, 4.69) is 10.6 Å². The van der Waals surface area contributed by atoms with Gasteiger partial charge in [-0.15, -0.1) is 0 Å². The Morgan fingerprint density at radius 3 is 2.68 bits per heavy atom. The fourth-order valence-electron chi connectivity index (χ4n) is 2.46. The third-order valence-corrected chi connectivity index (χ3v) is 4.10. The predicted molar refractivity (Wildman–Crippen MR) is 93.8 cm³/mol. The first-order valence-corrected chi connectivity index (χ1v) is 8.33. The van der Waals surface area contributed by atoms with Crippen molar-refractivity contribution in [1.29, 1.82) is 0 Å². The molecule has 1 heterocycles. The summed E-state index contributed by atoms with van der Waals surface area (Å²) in [6.45, 7) is 0.958. The van der Waals surface area contributed by atoms with Gasteiger partial charge in [-0.3, -0.25) is 0 Å². The lowest BCUT2D eigenvalue weighted by molar-refractivity contribution is 0.165. The van der Waals surface area contributed by atoms with E-state index in [-0.39, 0.29) is 12.8 Å². The van der Waals surface area contributed by atoms with Gasteiger partial charge in [0.15, 0.2) is 11.5 Å². The number of hydrogen-bond donors (Lipinski definition) is 3. The second-order valence-corrected chi connectivity index (χ2v) is 6.09. The van der Waals surface area contributed by atoms with Gasteiger partial charge in [0.25, 0.3) is 0 Å². The van der Waals surface area contributed by atoms with Gasteiger partial charge in [0.1, 0.15) is 0 Å². The molecule has 0 aliphatic carbocycles. The first kappa shape index (κ1) is 17.4. The predicted octanol–water partition coefficient (Wildman–Crippen LogP) is 2.99. The summed E-state index contributed by atoms with van der Waals surface area (Å²) in [5.74, 6) is 1.31. The van der Waals surface area contributed by atoms with Gasteiger partial charge in [-0.2, -0.15) is 0 Å². The number of aliphatic hydroxyl groups is 1. The van der Waals surface area contributed by atoms with E-state index in [9.17, 15) is 9.90 Å². The summed E-state index contributed by atoms with van der Waals surface area (Å²) in [5.41, 5.74) is 1.69. The van der Waals surface area contributed by atoms with Crippen molar-refractivity contribution in [3.8, 4) is 11.5 Å². The van der Waals surface area contributed by atoms with E-state index in [0.29, 0.717) is 36.0 Å². The number of carbonyl (C=O) groups is 1. The van der Waals surface area contributed by atoms with Crippen molar-refractivity contribution in [3.63, 3.8) is 0 Å². The van der Waals surface area contributed by atoms with Gasteiger partial charge in [-0.05, 0) is 41.8 Å². The molecule has 0 spiro atoms. The van der Waals surface area contributed by atoms with Crippen molar-refractivity contribution in [2.45, 2.75) is 19.1 Å². The molecule has 0 bridgehead atoms. The first-order valence-electron chi connectivity index (χ1n) is 7.95. The summed E-state index contributed by atoms with van der Waals surface area (Å²) in [6.07, 6.45) is -0.292. The van der Waals surface area contributed by atoms with Crippen LogP contribution >= 0.6 is 11.6 Å². The highest BCUT2D eigenvalue weighted by molar-refractivity contribution is 6.30. The second-order valence-electron chi connectivity index (χ2n) is 5.65. The summed E-state index contributed by atoms with van der Waals surface area (Å²) in [6, 6.07) is 12.3. The standard InChI is InChI=1S/C18H19ClN2O4/c19-14-4-1-12(2-5-14)10-21-18(23)20-8-7-15(22)13-3-6-16-17(9-13)25-11-24-16/h1-6,9,15,22H,7-8,10-11H2,(H2,20,21,23). The molecule has 0 aromatic heterocycles. The van der Waals surface area contributed by atoms with E-state index in [1.807, 2.05) is 12.1 Å². The van der Waals surface area contributed by atoms with Crippen molar-refractivity contribution < 1.29 is 19.4 Å². The van der Waals surface area contributed by atoms with Gasteiger partial charge in [0.05, 0.1) is 6.10 Å². The number of hydrogen-bond acceptors (Lipinski definition) is 4. The number of fused-ring (bicyclic) bond motifs is 1.